The van der Waals surface area contributed by atoms with Gasteiger partial charge >= 0.3 is 6.18 Å². The fourth-order valence-corrected chi connectivity index (χ4v) is 2.59. The third-order valence-corrected chi connectivity index (χ3v) is 4.33. The highest BCUT2D eigenvalue weighted by atomic mass is 35.5. The molecule has 0 saturated carbocycles. The van der Waals surface area contributed by atoms with Crippen LogP contribution < -0.4 is 5.32 Å². The first-order valence-corrected chi connectivity index (χ1v) is 8.66. The molecule has 146 valence electrons. The van der Waals surface area contributed by atoms with Crippen molar-refractivity contribution in [1.82, 2.24) is 10.2 Å². The number of amides is 1. The van der Waals surface area contributed by atoms with E-state index in [1.54, 1.807) is 18.2 Å². The molecule has 0 atom stereocenters. The monoisotopic (exact) mass is 409 g/mol. The third-order valence-electron chi connectivity index (χ3n) is 3.93. The van der Waals surface area contributed by atoms with E-state index in [1.165, 1.54) is 12.1 Å². The van der Waals surface area contributed by atoms with Crippen LogP contribution >= 0.6 is 11.6 Å². The topological polar surface area (TPSA) is 68.0 Å². The van der Waals surface area contributed by atoms with Gasteiger partial charge in [0, 0.05) is 29.1 Å². The van der Waals surface area contributed by atoms with Crippen molar-refractivity contribution in [3.8, 4) is 11.5 Å². The summed E-state index contributed by atoms with van der Waals surface area (Å²) in [5, 5.41) is 10.8. The number of carbonyl (C=O) groups is 1. The molecule has 1 amide bonds. The van der Waals surface area contributed by atoms with E-state index in [1.807, 2.05) is 6.92 Å². The van der Waals surface area contributed by atoms with Crippen LogP contribution in [-0.4, -0.2) is 16.1 Å². The zero-order valence-electron chi connectivity index (χ0n) is 14.7. The Morgan fingerprint density at radius 3 is 2.68 bits per heavy atom. The van der Waals surface area contributed by atoms with E-state index in [-0.39, 0.29) is 36.1 Å². The van der Waals surface area contributed by atoms with Gasteiger partial charge in [0.1, 0.15) is 0 Å². The predicted octanol–water partition coefficient (Wildman–Crippen LogP) is 5.29. The molecule has 3 aromatic rings. The molecular weight excluding hydrogens is 395 g/mol. The van der Waals surface area contributed by atoms with Crippen LogP contribution in [0.25, 0.3) is 11.5 Å². The van der Waals surface area contributed by atoms with Crippen molar-refractivity contribution in [2.75, 3.05) is 5.32 Å². The third kappa shape index (κ3) is 4.89. The molecule has 3 rings (SSSR count). The number of anilines is 1. The van der Waals surface area contributed by atoms with Gasteiger partial charge in [-0.3, -0.25) is 4.79 Å². The summed E-state index contributed by atoms with van der Waals surface area (Å²) in [5.74, 6) is -0.157. The first-order valence-electron chi connectivity index (χ1n) is 8.28. The predicted molar refractivity (Wildman–Crippen MR) is 97.9 cm³/mol. The molecule has 9 heteroatoms. The number of halogens is 4. The van der Waals surface area contributed by atoms with Crippen molar-refractivity contribution in [3.63, 3.8) is 0 Å². The molecule has 0 unspecified atom stereocenters. The first kappa shape index (κ1) is 19.9. The number of benzene rings is 2. The van der Waals surface area contributed by atoms with E-state index in [4.69, 9.17) is 16.0 Å². The van der Waals surface area contributed by atoms with Crippen molar-refractivity contribution in [2.45, 2.75) is 25.9 Å². The van der Waals surface area contributed by atoms with Gasteiger partial charge in [-0.25, -0.2) is 0 Å². The second kappa shape index (κ2) is 8.02. The maximum atomic E-state index is 12.8. The van der Waals surface area contributed by atoms with Crippen LogP contribution in [0.15, 0.2) is 46.9 Å². The fraction of sp³-hybridized carbons (Fsp3) is 0.211. The Bertz CT molecular complexity index is 1000. The zero-order chi connectivity index (χ0) is 20.3. The normalized spacial score (nSPS) is 11.5. The number of hydrogen-bond acceptors (Lipinski definition) is 4. The highest BCUT2D eigenvalue weighted by Gasteiger charge is 2.30. The van der Waals surface area contributed by atoms with E-state index in [2.05, 4.69) is 15.5 Å². The first-order chi connectivity index (χ1) is 13.2. The lowest BCUT2D eigenvalue weighted by Crippen LogP contribution is -2.12. The van der Waals surface area contributed by atoms with Crippen molar-refractivity contribution < 1.29 is 22.4 Å². The Morgan fingerprint density at radius 1 is 1.18 bits per heavy atom. The van der Waals surface area contributed by atoms with Gasteiger partial charge in [-0.05, 0) is 42.8 Å². The van der Waals surface area contributed by atoms with Crippen LogP contribution in [0.2, 0.25) is 5.02 Å². The number of nitrogens with one attached hydrogen (secondary N) is 1. The minimum absolute atomic E-state index is 0.0353. The molecule has 0 bridgehead atoms. The lowest BCUT2D eigenvalue weighted by Gasteiger charge is -2.06. The number of rotatable bonds is 5. The van der Waals surface area contributed by atoms with Gasteiger partial charge in [0.05, 0.1) is 5.56 Å². The van der Waals surface area contributed by atoms with Crippen LogP contribution in [0.5, 0.6) is 0 Å². The Hall–Kier alpha value is -2.87. The number of alkyl halides is 3. The van der Waals surface area contributed by atoms with Crippen LogP contribution in [0.4, 0.5) is 18.9 Å². The Morgan fingerprint density at radius 2 is 1.96 bits per heavy atom. The maximum absolute atomic E-state index is 12.8. The lowest BCUT2D eigenvalue weighted by molar-refractivity contribution is -0.137. The van der Waals surface area contributed by atoms with Gasteiger partial charge in [-0.15, -0.1) is 10.2 Å². The van der Waals surface area contributed by atoms with Gasteiger partial charge in [0.2, 0.25) is 17.7 Å². The molecule has 0 aliphatic heterocycles. The summed E-state index contributed by atoms with van der Waals surface area (Å²) in [5.41, 5.74) is 0.816. The Kier molecular flexibility index (Phi) is 5.69. The molecule has 1 aromatic heterocycles. The number of hydrogen-bond donors (Lipinski definition) is 1. The van der Waals surface area contributed by atoms with Crippen LogP contribution in [0.3, 0.4) is 0 Å². The van der Waals surface area contributed by atoms with E-state index < -0.39 is 11.7 Å². The summed E-state index contributed by atoms with van der Waals surface area (Å²) in [6.07, 6.45) is -4.25. The fourth-order valence-electron chi connectivity index (χ4n) is 2.41. The molecule has 1 N–H and O–H groups in total. The van der Waals surface area contributed by atoms with Gasteiger partial charge < -0.3 is 9.73 Å². The molecule has 1 heterocycles. The SMILES string of the molecule is Cc1ccc(NC(=O)CCc2nnc(-c3cccc(C(F)(F)F)c3)o2)cc1Cl. The lowest BCUT2D eigenvalue weighted by atomic mass is 10.1. The quantitative estimate of drug-likeness (QED) is 0.621. The molecular formula is C19H15ClF3N3O2. The molecule has 5 nitrogen and oxygen atoms in total. The molecule has 0 aliphatic carbocycles. The summed E-state index contributed by atoms with van der Waals surface area (Å²) < 4.78 is 43.8. The van der Waals surface area contributed by atoms with E-state index >= 15 is 0 Å². The van der Waals surface area contributed by atoms with E-state index in [0.717, 1.165) is 17.7 Å². The van der Waals surface area contributed by atoms with Gasteiger partial charge in [-0.2, -0.15) is 13.2 Å². The number of aryl methyl sites for hydroxylation is 2. The summed E-state index contributed by atoms with van der Waals surface area (Å²) in [6.45, 7) is 1.85. The van der Waals surface area contributed by atoms with Crippen molar-refractivity contribution in [1.29, 1.82) is 0 Å². The van der Waals surface area contributed by atoms with Crippen molar-refractivity contribution >= 4 is 23.2 Å². The average molecular weight is 410 g/mol. The molecule has 28 heavy (non-hydrogen) atoms. The van der Waals surface area contributed by atoms with Crippen LogP contribution in [0, 0.1) is 6.92 Å². The van der Waals surface area contributed by atoms with Gasteiger partial charge in [0.25, 0.3) is 0 Å². The Labute approximate surface area is 163 Å². The molecule has 0 saturated heterocycles. The highest BCUT2D eigenvalue weighted by Crippen LogP contribution is 2.31. The van der Waals surface area contributed by atoms with Crippen molar-refractivity contribution in [2.24, 2.45) is 0 Å². The second-order valence-electron chi connectivity index (χ2n) is 6.09. The minimum Gasteiger partial charge on any atom is -0.421 e. The standard InChI is InChI=1S/C19H15ClF3N3O2/c1-11-5-6-14(10-15(11)20)24-16(27)7-8-17-25-26-18(28-17)12-3-2-4-13(9-12)19(21,22)23/h2-6,9-10H,7-8H2,1H3,(H,24,27). The van der Waals surface area contributed by atoms with Crippen LogP contribution in [-0.2, 0) is 17.4 Å². The van der Waals surface area contributed by atoms with Gasteiger partial charge in [-0.1, -0.05) is 23.7 Å². The smallest absolute Gasteiger partial charge is 0.416 e. The summed E-state index contributed by atoms with van der Waals surface area (Å²) in [7, 11) is 0. The average Bonchev–Trinajstić information content (AvgIpc) is 3.12. The maximum Gasteiger partial charge on any atom is 0.416 e. The number of carbonyl (C=O) groups excluding carboxylic acids is 1. The zero-order valence-corrected chi connectivity index (χ0v) is 15.4. The number of nitrogens with zero attached hydrogens (tertiary/aromatic N) is 2. The summed E-state index contributed by atoms with van der Waals surface area (Å²) in [4.78, 5) is 12.0. The van der Waals surface area contributed by atoms with Gasteiger partial charge in [0.15, 0.2) is 0 Å². The van der Waals surface area contributed by atoms with E-state index in [0.29, 0.717) is 10.7 Å². The largest absolute Gasteiger partial charge is 0.421 e. The second-order valence-corrected chi connectivity index (χ2v) is 6.50. The number of aromatic nitrogens is 2. The highest BCUT2D eigenvalue weighted by molar-refractivity contribution is 6.31. The molecule has 0 fully saturated rings. The Balaban J connectivity index is 1.62. The summed E-state index contributed by atoms with van der Waals surface area (Å²) in [6, 6.07) is 9.78. The molecule has 0 spiro atoms. The molecule has 0 aliphatic rings. The minimum atomic E-state index is -4.46. The van der Waals surface area contributed by atoms with Crippen LogP contribution in [0.1, 0.15) is 23.4 Å². The molecule has 0 radical (unpaired) electrons. The van der Waals surface area contributed by atoms with E-state index in [9.17, 15) is 18.0 Å². The summed E-state index contributed by atoms with van der Waals surface area (Å²) >= 11 is 6.02. The van der Waals surface area contributed by atoms with Crippen molar-refractivity contribution in [3.05, 3.63) is 64.5 Å². The molecule has 2 aromatic carbocycles.